The van der Waals surface area contributed by atoms with E-state index in [1.807, 2.05) is 0 Å². The van der Waals surface area contributed by atoms with E-state index in [1.54, 1.807) is 11.3 Å². The van der Waals surface area contributed by atoms with Crippen molar-refractivity contribution in [2.75, 3.05) is 6.61 Å². The van der Waals surface area contributed by atoms with Gasteiger partial charge in [0.15, 0.2) is 0 Å². The minimum atomic E-state index is 0.751. The number of hydrogen-bond acceptors (Lipinski definition) is 2. The highest BCUT2D eigenvalue weighted by molar-refractivity contribution is 7.07. The topological polar surface area (TPSA) is 9.23 Å². The smallest absolute Gasteiger partial charge is 0.122 e. The molecule has 1 heterocycles. The highest BCUT2D eigenvalue weighted by Crippen LogP contribution is 2.19. The van der Waals surface area contributed by atoms with Gasteiger partial charge < -0.3 is 4.74 Å². The molecule has 2 heteroatoms. The Morgan fingerprint density at radius 2 is 2.06 bits per heavy atom. The Bertz CT molecular complexity index is 446. The van der Waals surface area contributed by atoms with Crippen molar-refractivity contribution in [3.8, 4) is 5.75 Å². The lowest BCUT2D eigenvalue weighted by Crippen LogP contribution is -2.01. The lowest BCUT2D eigenvalue weighted by Gasteiger charge is -2.09. The molecule has 1 aromatic carbocycles. The van der Waals surface area contributed by atoms with Crippen molar-refractivity contribution in [2.24, 2.45) is 0 Å². The summed E-state index contributed by atoms with van der Waals surface area (Å²) in [5.41, 5.74) is 3.85. The van der Waals surface area contributed by atoms with Gasteiger partial charge in [0, 0.05) is 6.42 Å². The quantitative estimate of drug-likeness (QED) is 0.774. The first-order valence-corrected chi connectivity index (χ1v) is 6.41. The lowest BCUT2D eigenvalue weighted by molar-refractivity contribution is 0.320. The minimum Gasteiger partial charge on any atom is -0.493 e. The second-order valence-corrected chi connectivity index (χ2v) is 4.78. The van der Waals surface area contributed by atoms with Crippen LogP contribution in [0.2, 0.25) is 0 Å². The van der Waals surface area contributed by atoms with Gasteiger partial charge in [-0.2, -0.15) is 11.3 Å². The van der Waals surface area contributed by atoms with Gasteiger partial charge in [-0.15, -0.1) is 0 Å². The molecule has 0 aliphatic heterocycles. The molecule has 0 amide bonds. The molecule has 0 saturated carbocycles. The summed E-state index contributed by atoms with van der Waals surface area (Å²) in [6.07, 6.45) is 0.983. The summed E-state index contributed by atoms with van der Waals surface area (Å²) >= 11 is 1.74. The van der Waals surface area contributed by atoms with Crippen LogP contribution in [0.25, 0.3) is 0 Å². The SMILES string of the molecule is Cc1ccc(OCCc2ccsc2)c(C)c1. The lowest BCUT2D eigenvalue weighted by atomic mass is 10.1. The van der Waals surface area contributed by atoms with E-state index in [1.165, 1.54) is 16.7 Å². The van der Waals surface area contributed by atoms with Crippen molar-refractivity contribution in [2.45, 2.75) is 20.3 Å². The molecule has 0 spiro atoms. The van der Waals surface area contributed by atoms with Crippen LogP contribution < -0.4 is 4.74 Å². The van der Waals surface area contributed by atoms with Gasteiger partial charge in [-0.05, 0) is 47.9 Å². The van der Waals surface area contributed by atoms with Gasteiger partial charge in [-0.3, -0.25) is 0 Å². The fourth-order valence-corrected chi connectivity index (χ4v) is 2.38. The Labute approximate surface area is 101 Å². The summed E-state index contributed by atoms with van der Waals surface area (Å²) in [5.74, 6) is 1.00. The van der Waals surface area contributed by atoms with Crippen molar-refractivity contribution in [1.29, 1.82) is 0 Å². The molecule has 0 radical (unpaired) electrons. The summed E-state index contributed by atoms with van der Waals surface area (Å²) < 4.78 is 5.77. The molecule has 1 aromatic heterocycles. The first kappa shape index (κ1) is 11.2. The van der Waals surface area contributed by atoms with E-state index in [2.05, 4.69) is 48.9 Å². The maximum Gasteiger partial charge on any atom is 0.122 e. The molecule has 0 aliphatic carbocycles. The molecule has 2 rings (SSSR count). The average Bonchev–Trinajstić information content (AvgIpc) is 2.74. The van der Waals surface area contributed by atoms with E-state index in [4.69, 9.17) is 4.74 Å². The first-order valence-electron chi connectivity index (χ1n) is 5.47. The predicted molar refractivity (Wildman–Crippen MR) is 69.4 cm³/mol. The Hall–Kier alpha value is -1.28. The van der Waals surface area contributed by atoms with E-state index in [-0.39, 0.29) is 0 Å². The number of rotatable bonds is 4. The number of aryl methyl sites for hydroxylation is 2. The van der Waals surface area contributed by atoms with E-state index in [0.717, 1.165) is 18.8 Å². The van der Waals surface area contributed by atoms with E-state index in [9.17, 15) is 0 Å². The van der Waals surface area contributed by atoms with Crippen molar-refractivity contribution >= 4 is 11.3 Å². The van der Waals surface area contributed by atoms with E-state index in [0.29, 0.717) is 0 Å². The summed E-state index contributed by atoms with van der Waals surface area (Å²) in [6.45, 7) is 4.94. The molecule has 0 N–H and O–H groups in total. The highest BCUT2D eigenvalue weighted by atomic mass is 32.1. The van der Waals surface area contributed by atoms with E-state index < -0.39 is 0 Å². The van der Waals surface area contributed by atoms with Crippen molar-refractivity contribution in [3.05, 3.63) is 51.7 Å². The highest BCUT2D eigenvalue weighted by Gasteiger charge is 2.00. The number of thiophene rings is 1. The number of benzene rings is 1. The largest absolute Gasteiger partial charge is 0.493 e. The standard InChI is InChI=1S/C14H16OS/c1-11-3-4-14(12(2)9-11)15-7-5-13-6-8-16-10-13/h3-4,6,8-10H,5,7H2,1-2H3. The second-order valence-electron chi connectivity index (χ2n) is 4.00. The van der Waals surface area contributed by atoms with Gasteiger partial charge in [0.25, 0.3) is 0 Å². The zero-order valence-corrected chi connectivity index (χ0v) is 10.5. The third-order valence-electron chi connectivity index (χ3n) is 2.56. The van der Waals surface area contributed by atoms with Crippen LogP contribution in [0.3, 0.4) is 0 Å². The van der Waals surface area contributed by atoms with Crippen LogP contribution in [0.15, 0.2) is 35.0 Å². The van der Waals surface area contributed by atoms with Crippen LogP contribution in [0.4, 0.5) is 0 Å². The molecular weight excluding hydrogens is 216 g/mol. The first-order chi connectivity index (χ1) is 7.75. The van der Waals surface area contributed by atoms with Crippen LogP contribution in [-0.4, -0.2) is 6.61 Å². The van der Waals surface area contributed by atoms with Crippen molar-refractivity contribution in [1.82, 2.24) is 0 Å². The molecule has 0 bridgehead atoms. The normalized spacial score (nSPS) is 10.4. The fraction of sp³-hybridized carbons (Fsp3) is 0.286. The summed E-state index contributed by atoms with van der Waals surface area (Å²) in [7, 11) is 0. The Morgan fingerprint density at radius 1 is 1.19 bits per heavy atom. The van der Waals surface area contributed by atoms with Crippen molar-refractivity contribution < 1.29 is 4.74 Å². The average molecular weight is 232 g/mol. The van der Waals surface area contributed by atoms with Gasteiger partial charge >= 0.3 is 0 Å². The molecule has 0 atom stereocenters. The Kier molecular flexibility index (Phi) is 3.62. The van der Waals surface area contributed by atoms with Crippen LogP contribution in [-0.2, 0) is 6.42 Å². The van der Waals surface area contributed by atoms with Gasteiger partial charge in [0.2, 0.25) is 0 Å². The molecular formula is C14H16OS. The van der Waals surface area contributed by atoms with Crippen LogP contribution in [0, 0.1) is 13.8 Å². The zero-order chi connectivity index (χ0) is 11.4. The van der Waals surface area contributed by atoms with Gasteiger partial charge in [-0.1, -0.05) is 17.7 Å². The molecule has 1 nitrogen and oxygen atoms in total. The van der Waals surface area contributed by atoms with Gasteiger partial charge in [-0.25, -0.2) is 0 Å². The van der Waals surface area contributed by atoms with Crippen LogP contribution >= 0.6 is 11.3 Å². The summed E-state index contributed by atoms with van der Waals surface area (Å²) in [5, 5.41) is 4.28. The molecule has 16 heavy (non-hydrogen) atoms. The minimum absolute atomic E-state index is 0.751. The Morgan fingerprint density at radius 3 is 2.75 bits per heavy atom. The van der Waals surface area contributed by atoms with Crippen LogP contribution in [0.1, 0.15) is 16.7 Å². The maximum atomic E-state index is 5.77. The van der Waals surface area contributed by atoms with Crippen molar-refractivity contribution in [3.63, 3.8) is 0 Å². The number of ether oxygens (including phenoxy) is 1. The summed E-state index contributed by atoms with van der Waals surface area (Å²) in [6, 6.07) is 8.45. The molecule has 0 unspecified atom stereocenters. The maximum absolute atomic E-state index is 5.77. The third kappa shape index (κ3) is 2.86. The van der Waals surface area contributed by atoms with Gasteiger partial charge in [0.05, 0.1) is 6.61 Å². The van der Waals surface area contributed by atoms with Gasteiger partial charge in [0.1, 0.15) is 5.75 Å². The predicted octanol–water partition coefficient (Wildman–Crippen LogP) is 3.99. The van der Waals surface area contributed by atoms with E-state index >= 15 is 0 Å². The van der Waals surface area contributed by atoms with Crippen LogP contribution in [0.5, 0.6) is 5.75 Å². The molecule has 84 valence electrons. The molecule has 0 fully saturated rings. The molecule has 0 saturated heterocycles. The fourth-order valence-electron chi connectivity index (χ4n) is 1.68. The molecule has 2 aromatic rings. The molecule has 0 aliphatic rings. The number of hydrogen-bond donors (Lipinski definition) is 0. The summed E-state index contributed by atoms with van der Waals surface area (Å²) in [4.78, 5) is 0. The zero-order valence-electron chi connectivity index (χ0n) is 9.69. The monoisotopic (exact) mass is 232 g/mol. The third-order valence-corrected chi connectivity index (χ3v) is 3.29. The second kappa shape index (κ2) is 5.17. The Balaban J connectivity index is 1.90.